The number of nitrogens with zero attached hydrogens (tertiary/aromatic N) is 2. The van der Waals surface area contributed by atoms with E-state index in [4.69, 9.17) is 4.74 Å². The number of benzene rings is 3. The average molecular weight is 600 g/mol. The molecule has 3 N–H and O–H groups in total. The van der Waals surface area contributed by atoms with Crippen LogP contribution in [0.2, 0.25) is 0 Å². The number of piperidine rings is 1. The van der Waals surface area contributed by atoms with Gasteiger partial charge >= 0.3 is 6.03 Å². The van der Waals surface area contributed by atoms with Crippen molar-refractivity contribution in [2.45, 2.75) is 39.3 Å². The molecular weight excluding hydrogens is 565 g/mol. The molecule has 1 saturated heterocycles. The fraction of sp³-hybridized carbons (Fsp3) is 0.303. The normalized spacial score (nSPS) is 18.3. The van der Waals surface area contributed by atoms with Crippen molar-refractivity contribution in [3.05, 3.63) is 71.0 Å². The van der Waals surface area contributed by atoms with E-state index in [0.717, 1.165) is 38.9 Å². The molecule has 2 aliphatic heterocycles. The van der Waals surface area contributed by atoms with Gasteiger partial charge in [-0.3, -0.25) is 19.3 Å². The Bertz CT molecular complexity index is 1680. The number of methoxy groups -OCH3 is 1. The number of imide groups is 1. The number of anilines is 1. The molecule has 228 valence electrons. The molecule has 0 saturated carbocycles. The van der Waals surface area contributed by atoms with Crippen LogP contribution in [0, 0.1) is 25.6 Å². The fourth-order valence-corrected chi connectivity index (χ4v) is 5.56. The van der Waals surface area contributed by atoms with Gasteiger partial charge in [0.25, 0.3) is 0 Å². The smallest absolute Gasteiger partial charge is 0.349 e. The van der Waals surface area contributed by atoms with E-state index >= 15 is 4.39 Å². The molecule has 5 rings (SSSR count). The quantitative estimate of drug-likeness (QED) is 0.330. The maximum absolute atomic E-state index is 15.5. The standard InChI is InChI=1S/C33H34FN5O5/c1-18-22(20-13-27(34)25(29(14-20)44-4)16-35-21-11-12-30(40)36-15-21)7-5-8-23(18)24-9-6-10-28(19(24)2)38-31(41)26-17-37-33(43)39(3)32(26)42/h5-10,13-14,17,21,26,35H,11-12,15-16H2,1-4H3,(H,36,40)(H,38,41)/t21-,26?/m0/s1. The van der Waals surface area contributed by atoms with E-state index < -0.39 is 29.6 Å². The monoisotopic (exact) mass is 599 g/mol. The second kappa shape index (κ2) is 12.8. The first-order valence-corrected chi connectivity index (χ1v) is 14.3. The van der Waals surface area contributed by atoms with E-state index in [1.807, 2.05) is 44.2 Å². The van der Waals surface area contributed by atoms with Gasteiger partial charge in [0.1, 0.15) is 11.6 Å². The van der Waals surface area contributed by atoms with Crippen molar-refractivity contribution in [1.29, 1.82) is 0 Å². The van der Waals surface area contributed by atoms with Gasteiger partial charge in [0.05, 0.1) is 7.11 Å². The molecule has 2 atom stereocenters. The number of carbonyl (C=O) groups excluding carboxylic acids is 4. The van der Waals surface area contributed by atoms with E-state index in [1.54, 1.807) is 12.1 Å². The van der Waals surface area contributed by atoms with Gasteiger partial charge in [-0.25, -0.2) is 14.2 Å². The first kappa shape index (κ1) is 30.6. The Morgan fingerprint density at radius 3 is 2.48 bits per heavy atom. The number of nitrogens with one attached hydrogen (secondary N) is 3. The van der Waals surface area contributed by atoms with Gasteiger partial charge in [0.2, 0.25) is 17.7 Å². The summed E-state index contributed by atoms with van der Waals surface area (Å²) in [6, 6.07) is 13.9. The summed E-state index contributed by atoms with van der Waals surface area (Å²) in [4.78, 5) is 53.0. The highest BCUT2D eigenvalue weighted by Crippen LogP contribution is 2.38. The number of urea groups is 1. The van der Waals surface area contributed by atoms with Crippen molar-refractivity contribution in [3.63, 3.8) is 0 Å². The van der Waals surface area contributed by atoms with Crippen molar-refractivity contribution >= 4 is 35.7 Å². The van der Waals surface area contributed by atoms with Gasteiger partial charge in [0.15, 0.2) is 5.92 Å². The molecule has 0 aliphatic carbocycles. The molecule has 0 spiro atoms. The van der Waals surface area contributed by atoms with Gasteiger partial charge in [0, 0.05) is 50.1 Å². The minimum atomic E-state index is -1.21. The van der Waals surface area contributed by atoms with Crippen molar-refractivity contribution in [2.75, 3.05) is 26.0 Å². The summed E-state index contributed by atoms with van der Waals surface area (Å²) in [7, 11) is 2.80. The van der Waals surface area contributed by atoms with Gasteiger partial charge in [-0.05, 0) is 71.8 Å². The molecule has 1 fully saturated rings. The number of ether oxygens (including phenoxy) is 1. The molecule has 5 amide bonds. The molecule has 10 nitrogen and oxygen atoms in total. The fourth-order valence-electron chi connectivity index (χ4n) is 5.56. The van der Waals surface area contributed by atoms with Crippen LogP contribution in [0.3, 0.4) is 0 Å². The van der Waals surface area contributed by atoms with Crippen LogP contribution < -0.4 is 20.7 Å². The minimum absolute atomic E-state index is 0.0260. The molecule has 0 bridgehead atoms. The lowest BCUT2D eigenvalue weighted by atomic mass is 9.90. The Hall–Kier alpha value is -4.90. The lowest BCUT2D eigenvalue weighted by molar-refractivity contribution is -0.134. The third-order valence-corrected chi connectivity index (χ3v) is 8.23. The minimum Gasteiger partial charge on any atom is -0.496 e. The van der Waals surface area contributed by atoms with Crippen LogP contribution in [-0.4, -0.2) is 61.6 Å². The van der Waals surface area contributed by atoms with Crippen molar-refractivity contribution in [1.82, 2.24) is 15.5 Å². The summed E-state index contributed by atoms with van der Waals surface area (Å²) < 4.78 is 21.1. The second-order valence-electron chi connectivity index (χ2n) is 10.9. The lowest BCUT2D eigenvalue weighted by Crippen LogP contribution is -2.45. The highest BCUT2D eigenvalue weighted by molar-refractivity contribution is 6.23. The summed E-state index contributed by atoms with van der Waals surface area (Å²) in [5.41, 5.74) is 5.82. The van der Waals surface area contributed by atoms with Crippen molar-refractivity contribution in [3.8, 4) is 28.0 Å². The van der Waals surface area contributed by atoms with Gasteiger partial charge in [-0.15, -0.1) is 0 Å². The highest BCUT2D eigenvalue weighted by Gasteiger charge is 2.34. The first-order chi connectivity index (χ1) is 21.1. The summed E-state index contributed by atoms with van der Waals surface area (Å²) in [6.07, 6.45) is 2.20. The SMILES string of the molecule is COc1cc(-c2cccc(-c3cccc(NC(=O)C4C=NC(=O)N(C)C4=O)c3C)c2C)cc(F)c1CN[C@H]1CCC(=O)NC1. The molecule has 0 aromatic heterocycles. The van der Waals surface area contributed by atoms with Gasteiger partial charge < -0.3 is 20.7 Å². The Balaban J connectivity index is 1.41. The zero-order valence-corrected chi connectivity index (χ0v) is 25.0. The van der Waals surface area contributed by atoms with Gasteiger partial charge in [-0.2, -0.15) is 0 Å². The third kappa shape index (κ3) is 6.09. The summed E-state index contributed by atoms with van der Waals surface area (Å²) in [5, 5.41) is 8.95. The van der Waals surface area contributed by atoms with Gasteiger partial charge in [-0.1, -0.05) is 30.3 Å². The zero-order valence-electron chi connectivity index (χ0n) is 25.0. The predicted octanol–water partition coefficient (Wildman–Crippen LogP) is 4.37. The Kier molecular flexibility index (Phi) is 8.86. The van der Waals surface area contributed by atoms with E-state index in [1.165, 1.54) is 20.2 Å². The summed E-state index contributed by atoms with van der Waals surface area (Å²) >= 11 is 0. The molecule has 3 aromatic rings. The number of amides is 5. The molecular formula is C33H34FN5O5. The largest absolute Gasteiger partial charge is 0.496 e. The van der Waals surface area contributed by atoms with Crippen molar-refractivity contribution < 1.29 is 28.3 Å². The Labute approximate surface area is 254 Å². The van der Waals surface area contributed by atoms with E-state index in [0.29, 0.717) is 42.0 Å². The summed E-state index contributed by atoms with van der Waals surface area (Å²) in [5.74, 6) is -2.40. The number of halogens is 1. The van der Waals surface area contributed by atoms with Crippen LogP contribution in [0.4, 0.5) is 14.9 Å². The molecule has 2 heterocycles. The van der Waals surface area contributed by atoms with Crippen LogP contribution in [-0.2, 0) is 20.9 Å². The first-order valence-electron chi connectivity index (χ1n) is 14.3. The summed E-state index contributed by atoms with van der Waals surface area (Å²) in [6.45, 7) is 4.59. The molecule has 11 heteroatoms. The number of rotatable bonds is 8. The molecule has 1 unspecified atom stereocenters. The van der Waals surface area contributed by atoms with Crippen LogP contribution in [0.25, 0.3) is 22.3 Å². The Morgan fingerprint density at radius 1 is 1.07 bits per heavy atom. The van der Waals surface area contributed by atoms with E-state index in [-0.39, 0.29) is 18.5 Å². The van der Waals surface area contributed by atoms with Crippen LogP contribution in [0.15, 0.2) is 53.5 Å². The molecule has 2 aliphatic rings. The number of carbonyl (C=O) groups is 4. The van der Waals surface area contributed by atoms with Crippen LogP contribution in [0.1, 0.15) is 29.5 Å². The average Bonchev–Trinajstić information content (AvgIpc) is 3.01. The number of hydrogen-bond acceptors (Lipinski definition) is 6. The Morgan fingerprint density at radius 2 is 1.77 bits per heavy atom. The maximum Gasteiger partial charge on any atom is 0.349 e. The lowest BCUT2D eigenvalue weighted by Gasteiger charge is -2.24. The number of hydrogen-bond donors (Lipinski definition) is 3. The highest BCUT2D eigenvalue weighted by atomic mass is 19.1. The topological polar surface area (TPSA) is 129 Å². The van der Waals surface area contributed by atoms with Crippen LogP contribution >= 0.6 is 0 Å². The predicted molar refractivity (Wildman–Crippen MR) is 165 cm³/mol. The van der Waals surface area contributed by atoms with Crippen LogP contribution in [0.5, 0.6) is 5.75 Å². The molecule has 3 aromatic carbocycles. The van der Waals surface area contributed by atoms with Crippen molar-refractivity contribution in [2.24, 2.45) is 10.9 Å². The van der Waals surface area contributed by atoms with E-state index in [2.05, 4.69) is 20.9 Å². The molecule has 44 heavy (non-hydrogen) atoms. The van der Waals surface area contributed by atoms with E-state index in [9.17, 15) is 19.2 Å². The third-order valence-electron chi connectivity index (χ3n) is 8.23. The number of aliphatic imine (C=N–C) groups is 1. The second-order valence-corrected chi connectivity index (χ2v) is 10.9. The zero-order chi connectivity index (χ0) is 31.5. The molecule has 0 radical (unpaired) electrons. The maximum atomic E-state index is 15.5.